The third kappa shape index (κ3) is 2.15. The van der Waals surface area contributed by atoms with Gasteiger partial charge in [0.2, 0.25) is 5.75 Å². The number of nitro groups is 1. The molecular formula is C7H6F2N2O4. The van der Waals surface area contributed by atoms with E-state index >= 15 is 0 Å². The lowest BCUT2D eigenvalue weighted by molar-refractivity contribution is -0.390. The van der Waals surface area contributed by atoms with Gasteiger partial charge in [-0.1, -0.05) is 0 Å². The minimum absolute atomic E-state index is 0.519. The maximum atomic E-state index is 12.3. The van der Waals surface area contributed by atoms with E-state index in [0.29, 0.717) is 6.07 Å². The molecule has 0 amide bonds. The van der Waals surface area contributed by atoms with Crippen LogP contribution in [0.1, 0.15) is 17.7 Å². The van der Waals surface area contributed by atoms with Crippen molar-refractivity contribution in [2.24, 2.45) is 0 Å². The summed E-state index contributed by atoms with van der Waals surface area (Å²) in [4.78, 5) is 12.4. The smallest absolute Gasteiger partial charge is 0.406 e. The number of rotatable bonds is 3. The molecular weight excluding hydrogens is 214 g/mol. The van der Waals surface area contributed by atoms with Crippen molar-refractivity contribution in [2.45, 2.75) is 13.0 Å². The molecule has 0 spiro atoms. The van der Waals surface area contributed by atoms with Crippen LogP contribution in [0.5, 0.6) is 5.75 Å². The van der Waals surface area contributed by atoms with Crippen molar-refractivity contribution in [3.05, 3.63) is 27.4 Å². The summed E-state index contributed by atoms with van der Waals surface area (Å²) in [6.45, 7) is -0.860. The number of aromatic nitrogens is 1. The van der Waals surface area contributed by atoms with Crippen molar-refractivity contribution in [3.63, 3.8) is 0 Å². The van der Waals surface area contributed by atoms with E-state index in [4.69, 9.17) is 10.2 Å². The number of nitrogens with zero attached hydrogens (tertiary/aromatic N) is 2. The molecule has 0 aliphatic rings. The zero-order chi connectivity index (χ0) is 11.6. The highest BCUT2D eigenvalue weighted by Crippen LogP contribution is 2.31. The first-order valence-corrected chi connectivity index (χ1v) is 3.73. The Morgan fingerprint density at radius 1 is 1.60 bits per heavy atom. The van der Waals surface area contributed by atoms with Crippen LogP contribution in [0.15, 0.2) is 6.07 Å². The topological polar surface area (TPSA) is 96.5 Å². The molecule has 0 bridgehead atoms. The lowest BCUT2D eigenvalue weighted by Crippen LogP contribution is -2.02. The van der Waals surface area contributed by atoms with Gasteiger partial charge in [0.05, 0.1) is 5.56 Å². The van der Waals surface area contributed by atoms with E-state index in [9.17, 15) is 18.9 Å². The largest absolute Gasteiger partial charge is 0.501 e. The van der Waals surface area contributed by atoms with Crippen molar-refractivity contribution < 1.29 is 23.9 Å². The summed E-state index contributed by atoms with van der Waals surface area (Å²) < 4.78 is 24.6. The summed E-state index contributed by atoms with van der Waals surface area (Å²) in [7, 11) is 0. The number of aromatic hydroxyl groups is 1. The number of aliphatic hydroxyl groups excluding tert-OH is 1. The Labute approximate surface area is 82.0 Å². The minimum Gasteiger partial charge on any atom is -0.501 e. The van der Waals surface area contributed by atoms with Gasteiger partial charge in [0.25, 0.3) is 6.43 Å². The van der Waals surface area contributed by atoms with E-state index in [1.165, 1.54) is 0 Å². The van der Waals surface area contributed by atoms with Crippen LogP contribution in [0.4, 0.5) is 14.6 Å². The first kappa shape index (κ1) is 11.2. The summed E-state index contributed by atoms with van der Waals surface area (Å²) >= 11 is 0. The Balaban J connectivity index is 3.35. The fourth-order valence-electron chi connectivity index (χ4n) is 0.995. The zero-order valence-electron chi connectivity index (χ0n) is 7.22. The second-order valence-corrected chi connectivity index (χ2v) is 2.58. The van der Waals surface area contributed by atoms with Crippen LogP contribution in [-0.4, -0.2) is 20.1 Å². The molecule has 15 heavy (non-hydrogen) atoms. The first-order chi connectivity index (χ1) is 6.97. The van der Waals surface area contributed by atoms with Gasteiger partial charge >= 0.3 is 5.82 Å². The molecule has 0 atom stereocenters. The monoisotopic (exact) mass is 220 g/mol. The average Bonchev–Trinajstić information content (AvgIpc) is 2.16. The Kier molecular flexibility index (Phi) is 3.10. The van der Waals surface area contributed by atoms with E-state index in [1.807, 2.05) is 0 Å². The number of hydrogen-bond donors (Lipinski definition) is 2. The molecule has 0 aliphatic carbocycles. The lowest BCUT2D eigenvalue weighted by Gasteiger charge is -2.03. The summed E-state index contributed by atoms with van der Waals surface area (Å²) in [6, 6.07) is 0.529. The molecule has 0 aromatic carbocycles. The van der Waals surface area contributed by atoms with E-state index < -0.39 is 40.8 Å². The zero-order valence-corrected chi connectivity index (χ0v) is 7.22. The van der Waals surface area contributed by atoms with Crippen molar-refractivity contribution in [1.82, 2.24) is 4.98 Å². The Morgan fingerprint density at radius 3 is 2.60 bits per heavy atom. The van der Waals surface area contributed by atoms with E-state index in [2.05, 4.69) is 4.98 Å². The molecule has 0 radical (unpaired) electrons. The molecule has 1 aromatic rings. The molecule has 1 aromatic heterocycles. The van der Waals surface area contributed by atoms with Crippen molar-refractivity contribution in [3.8, 4) is 5.75 Å². The lowest BCUT2D eigenvalue weighted by atomic mass is 10.2. The molecule has 1 rings (SSSR count). The minimum atomic E-state index is -2.97. The molecule has 8 heteroatoms. The van der Waals surface area contributed by atoms with Crippen LogP contribution in [0.2, 0.25) is 0 Å². The fourth-order valence-corrected chi connectivity index (χ4v) is 0.995. The molecule has 2 N–H and O–H groups in total. The van der Waals surface area contributed by atoms with Gasteiger partial charge in [-0.05, 0) is 9.91 Å². The van der Waals surface area contributed by atoms with Crippen molar-refractivity contribution >= 4 is 5.82 Å². The number of alkyl halides is 2. The molecule has 82 valence electrons. The molecule has 1 heterocycles. The SMILES string of the molecule is O=[N+]([O-])c1nc(CO)c(C(F)F)cc1O. The second kappa shape index (κ2) is 4.13. The molecule has 0 unspecified atom stereocenters. The highest BCUT2D eigenvalue weighted by Gasteiger charge is 2.25. The molecule has 6 nitrogen and oxygen atoms in total. The maximum absolute atomic E-state index is 12.3. The third-order valence-corrected chi connectivity index (χ3v) is 1.65. The molecule has 0 saturated heterocycles. The molecule has 0 saturated carbocycles. The third-order valence-electron chi connectivity index (χ3n) is 1.65. The van der Waals surface area contributed by atoms with E-state index in [-0.39, 0.29) is 0 Å². The first-order valence-electron chi connectivity index (χ1n) is 3.73. The van der Waals surface area contributed by atoms with Gasteiger partial charge in [0.1, 0.15) is 6.61 Å². The second-order valence-electron chi connectivity index (χ2n) is 2.58. The van der Waals surface area contributed by atoms with Crippen molar-refractivity contribution in [1.29, 1.82) is 0 Å². The van der Waals surface area contributed by atoms with Crippen LogP contribution in [-0.2, 0) is 6.61 Å². The van der Waals surface area contributed by atoms with Crippen LogP contribution in [0.3, 0.4) is 0 Å². The normalized spacial score (nSPS) is 10.7. The number of aliphatic hydroxyl groups is 1. The Bertz CT molecular complexity index is 397. The predicted octanol–water partition coefficient (Wildman–Crippen LogP) is 1.13. The van der Waals surface area contributed by atoms with Gasteiger partial charge in [-0.3, -0.25) is 0 Å². The predicted molar refractivity (Wildman–Crippen MR) is 43.4 cm³/mol. The van der Waals surface area contributed by atoms with Gasteiger partial charge < -0.3 is 20.3 Å². The highest BCUT2D eigenvalue weighted by molar-refractivity contribution is 5.43. The number of pyridine rings is 1. The van der Waals surface area contributed by atoms with Crippen LogP contribution in [0.25, 0.3) is 0 Å². The van der Waals surface area contributed by atoms with Crippen LogP contribution < -0.4 is 0 Å². The van der Waals surface area contributed by atoms with Gasteiger partial charge in [0, 0.05) is 6.07 Å². The van der Waals surface area contributed by atoms with Gasteiger partial charge in [-0.15, -0.1) is 0 Å². The standard InChI is InChI=1S/C7H6F2N2O4/c8-6(9)3-1-5(13)7(11(14)15)10-4(3)2-12/h1,6,12-13H,2H2. The maximum Gasteiger partial charge on any atom is 0.406 e. The summed E-state index contributed by atoms with van der Waals surface area (Å²) in [5, 5.41) is 28.0. The Morgan fingerprint density at radius 2 is 2.20 bits per heavy atom. The Hall–Kier alpha value is -1.83. The van der Waals surface area contributed by atoms with Crippen LogP contribution in [0, 0.1) is 10.1 Å². The summed E-state index contributed by atoms with van der Waals surface area (Å²) in [5.41, 5.74) is -1.24. The van der Waals surface area contributed by atoms with E-state index in [1.54, 1.807) is 0 Å². The average molecular weight is 220 g/mol. The molecule has 0 fully saturated rings. The highest BCUT2D eigenvalue weighted by atomic mass is 19.3. The summed E-state index contributed by atoms with van der Waals surface area (Å²) in [6.07, 6.45) is -2.97. The van der Waals surface area contributed by atoms with Gasteiger partial charge in [0.15, 0.2) is 5.69 Å². The van der Waals surface area contributed by atoms with Gasteiger partial charge in [-0.2, -0.15) is 0 Å². The quantitative estimate of drug-likeness (QED) is 0.587. The van der Waals surface area contributed by atoms with Gasteiger partial charge in [-0.25, -0.2) is 8.78 Å². The fraction of sp³-hybridized carbons (Fsp3) is 0.286. The number of halogens is 2. The van der Waals surface area contributed by atoms with Crippen LogP contribution >= 0.6 is 0 Å². The van der Waals surface area contributed by atoms with Crippen molar-refractivity contribution in [2.75, 3.05) is 0 Å². The van der Waals surface area contributed by atoms with E-state index in [0.717, 1.165) is 0 Å². The number of hydrogen-bond acceptors (Lipinski definition) is 5. The molecule has 0 aliphatic heterocycles. The summed E-state index contributed by atoms with van der Waals surface area (Å²) in [5.74, 6) is -1.91.